The SMILES string of the molecule is CCCCCCCC[N+](C)(C)Cc1ccc(C[N+](C)(C)CCCCCCCC)cc1.[Br-].[Br-]. The summed E-state index contributed by atoms with van der Waals surface area (Å²) in [5.74, 6) is 0. The number of rotatable bonds is 18. The Kier molecular flexibility index (Phi) is 20.8. The van der Waals surface area contributed by atoms with Crippen LogP contribution in [0.4, 0.5) is 0 Å². The van der Waals surface area contributed by atoms with Crippen LogP contribution in [-0.4, -0.2) is 50.2 Å². The molecular formula is C28H54Br2N2. The number of benzene rings is 1. The molecule has 1 aromatic carbocycles. The quantitative estimate of drug-likeness (QED) is 0.183. The molecule has 0 N–H and O–H groups in total. The molecule has 0 fully saturated rings. The summed E-state index contributed by atoms with van der Waals surface area (Å²) in [5.41, 5.74) is 2.96. The Morgan fingerprint density at radius 2 is 0.750 bits per heavy atom. The topological polar surface area (TPSA) is 0 Å². The second kappa shape index (κ2) is 19.4. The maximum absolute atomic E-state index is 2.39. The number of halogens is 2. The molecule has 0 radical (unpaired) electrons. The van der Waals surface area contributed by atoms with Crippen molar-refractivity contribution in [2.45, 2.75) is 104 Å². The molecule has 2 nitrogen and oxygen atoms in total. The van der Waals surface area contributed by atoms with E-state index in [4.69, 9.17) is 0 Å². The van der Waals surface area contributed by atoms with Crippen LogP contribution in [0.3, 0.4) is 0 Å². The van der Waals surface area contributed by atoms with E-state index in [9.17, 15) is 0 Å². The minimum atomic E-state index is 0. The van der Waals surface area contributed by atoms with Crippen molar-refractivity contribution in [1.29, 1.82) is 0 Å². The summed E-state index contributed by atoms with van der Waals surface area (Å²) in [5, 5.41) is 0. The molecular weight excluding hydrogens is 524 g/mol. The van der Waals surface area contributed by atoms with Crippen LogP contribution in [0.25, 0.3) is 0 Å². The van der Waals surface area contributed by atoms with Crippen LogP contribution in [0.5, 0.6) is 0 Å². The van der Waals surface area contributed by atoms with Gasteiger partial charge < -0.3 is 42.9 Å². The lowest BCUT2D eigenvalue weighted by molar-refractivity contribution is -0.904. The number of quaternary nitrogens is 2. The maximum Gasteiger partial charge on any atom is 0.104 e. The first-order valence-electron chi connectivity index (χ1n) is 13.0. The first-order valence-corrected chi connectivity index (χ1v) is 13.0. The lowest BCUT2D eigenvalue weighted by Gasteiger charge is -2.31. The molecule has 32 heavy (non-hydrogen) atoms. The monoisotopic (exact) mass is 576 g/mol. The van der Waals surface area contributed by atoms with Crippen LogP contribution < -0.4 is 34.0 Å². The van der Waals surface area contributed by atoms with E-state index in [1.165, 1.54) is 101 Å². The molecule has 0 heterocycles. The second-order valence-corrected chi connectivity index (χ2v) is 11.0. The third kappa shape index (κ3) is 17.6. The van der Waals surface area contributed by atoms with Crippen molar-refractivity contribution < 1.29 is 42.9 Å². The van der Waals surface area contributed by atoms with Crippen molar-refractivity contribution in [3.05, 3.63) is 35.4 Å². The van der Waals surface area contributed by atoms with E-state index in [2.05, 4.69) is 66.3 Å². The highest BCUT2D eigenvalue weighted by atomic mass is 79.9. The van der Waals surface area contributed by atoms with Gasteiger partial charge in [-0.3, -0.25) is 0 Å². The average molecular weight is 579 g/mol. The molecule has 0 amide bonds. The average Bonchev–Trinajstić information content (AvgIpc) is 2.68. The molecule has 0 bridgehead atoms. The first kappa shape index (κ1) is 34.3. The van der Waals surface area contributed by atoms with E-state index < -0.39 is 0 Å². The van der Waals surface area contributed by atoms with Gasteiger partial charge in [0.05, 0.1) is 41.3 Å². The van der Waals surface area contributed by atoms with Gasteiger partial charge in [0.15, 0.2) is 0 Å². The van der Waals surface area contributed by atoms with Gasteiger partial charge in [-0.15, -0.1) is 0 Å². The van der Waals surface area contributed by atoms with Crippen molar-refractivity contribution in [2.24, 2.45) is 0 Å². The van der Waals surface area contributed by atoms with E-state index in [0.29, 0.717) is 0 Å². The highest BCUT2D eigenvalue weighted by Gasteiger charge is 2.17. The zero-order valence-electron chi connectivity index (χ0n) is 22.3. The molecule has 0 unspecified atom stereocenters. The van der Waals surface area contributed by atoms with Gasteiger partial charge in [0.25, 0.3) is 0 Å². The van der Waals surface area contributed by atoms with Crippen LogP contribution >= 0.6 is 0 Å². The molecule has 0 aliphatic heterocycles. The van der Waals surface area contributed by atoms with Crippen molar-refractivity contribution in [2.75, 3.05) is 41.3 Å². The molecule has 190 valence electrons. The van der Waals surface area contributed by atoms with E-state index in [1.807, 2.05) is 0 Å². The highest BCUT2D eigenvalue weighted by Crippen LogP contribution is 2.17. The zero-order chi connectivity index (χ0) is 22.3. The van der Waals surface area contributed by atoms with Crippen LogP contribution in [0.15, 0.2) is 24.3 Å². The lowest BCUT2D eigenvalue weighted by atomic mass is 10.1. The van der Waals surface area contributed by atoms with E-state index in [-0.39, 0.29) is 34.0 Å². The molecule has 0 saturated heterocycles. The fourth-order valence-corrected chi connectivity index (χ4v) is 4.54. The molecule has 0 aliphatic carbocycles. The summed E-state index contributed by atoms with van der Waals surface area (Å²) < 4.78 is 2.21. The largest absolute Gasteiger partial charge is 1.00 e. The van der Waals surface area contributed by atoms with E-state index >= 15 is 0 Å². The van der Waals surface area contributed by atoms with Crippen LogP contribution in [0.2, 0.25) is 0 Å². The molecule has 1 aromatic rings. The van der Waals surface area contributed by atoms with Crippen molar-refractivity contribution in [1.82, 2.24) is 0 Å². The van der Waals surface area contributed by atoms with Crippen molar-refractivity contribution in [3.63, 3.8) is 0 Å². The van der Waals surface area contributed by atoms with Crippen molar-refractivity contribution in [3.8, 4) is 0 Å². The predicted octanol–water partition coefficient (Wildman–Crippen LogP) is 1.57. The summed E-state index contributed by atoms with van der Waals surface area (Å²) in [6, 6.07) is 9.51. The maximum atomic E-state index is 2.39. The molecule has 0 spiro atoms. The minimum absolute atomic E-state index is 0. The van der Waals surface area contributed by atoms with Crippen LogP contribution in [0, 0.1) is 0 Å². The van der Waals surface area contributed by atoms with Gasteiger partial charge in [-0.1, -0.05) is 89.5 Å². The number of nitrogens with zero attached hydrogens (tertiary/aromatic N) is 2. The fraction of sp³-hybridized carbons (Fsp3) is 0.786. The van der Waals surface area contributed by atoms with Gasteiger partial charge in [0, 0.05) is 11.1 Å². The summed E-state index contributed by atoms with van der Waals surface area (Å²) in [7, 11) is 9.56. The van der Waals surface area contributed by atoms with Crippen LogP contribution in [0.1, 0.15) is 102 Å². The zero-order valence-corrected chi connectivity index (χ0v) is 25.4. The summed E-state index contributed by atoms with van der Waals surface area (Å²) in [4.78, 5) is 0. The van der Waals surface area contributed by atoms with Gasteiger partial charge in [-0.2, -0.15) is 0 Å². The second-order valence-electron chi connectivity index (χ2n) is 11.0. The predicted molar refractivity (Wildman–Crippen MR) is 135 cm³/mol. The van der Waals surface area contributed by atoms with Crippen LogP contribution in [-0.2, 0) is 13.1 Å². The Bertz CT molecular complexity index is 492. The Morgan fingerprint density at radius 3 is 1.06 bits per heavy atom. The summed E-state index contributed by atoms with van der Waals surface area (Å²) in [6.45, 7) is 9.45. The Morgan fingerprint density at radius 1 is 0.469 bits per heavy atom. The summed E-state index contributed by atoms with van der Waals surface area (Å²) in [6.07, 6.45) is 16.6. The first-order chi connectivity index (χ1) is 14.3. The van der Waals surface area contributed by atoms with E-state index in [0.717, 1.165) is 22.1 Å². The molecule has 1 rings (SSSR count). The Labute approximate surface area is 222 Å². The molecule has 0 atom stereocenters. The molecule has 0 saturated carbocycles. The number of unbranched alkanes of at least 4 members (excludes halogenated alkanes) is 10. The third-order valence-corrected chi connectivity index (χ3v) is 6.48. The highest BCUT2D eigenvalue weighted by molar-refractivity contribution is 5.21. The Balaban J connectivity index is 0. The van der Waals surface area contributed by atoms with Gasteiger partial charge >= 0.3 is 0 Å². The van der Waals surface area contributed by atoms with Gasteiger partial charge in [0.2, 0.25) is 0 Å². The van der Waals surface area contributed by atoms with Gasteiger partial charge in [-0.05, 0) is 25.7 Å². The lowest BCUT2D eigenvalue weighted by Crippen LogP contribution is -3.00. The van der Waals surface area contributed by atoms with Gasteiger partial charge in [-0.25, -0.2) is 0 Å². The van der Waals surface area contributed by atoms with E-state index in [1.54, 1.807) is 0 Å². The Hall–Kier alpha value is 0.1000. The summed E-state index contributed by atoms with van der Waals surface area (Å²) >= 11 is 0. The number of hydrogen-bond acceptors (Lipinski definition) is 0. The molecule has 0 aliphatic rings. The fourth-order valence-electron chi connectivity index (χ4n) is 4.54. The molecule has 4 heteroatoms. The minimum Gasteiger partial charge on any atom is -1.00 e. The smallest absolute Gasteiger partial charge is 0.104 e. The standard InChI is InChI=1S/C28H54N2.2BrH/c1-7-9-11-13-15-17-23-29(3,4)25-27-19-21-28(22-20-27)26-30(5,6)24-18-16-14-12-10-8-2;;/h19-22H,7-18,23-26H2,1-6H3;2*1H/q+2;;/p-2. The molecule has 0 aromatic heterocycles. The number of hydrogen-bond donors (Lipinski definition) is 0. The van der Waals surface area contributed by atoms with Crippen molar-refractivity contribution >= 4 is 0 Å². The normalized spacial score (nSPS) is 11.7. The van der Waals surface area contributed by atoms with Gasteiger partial charge in [0.1, 0.15) is 13.1 Å². The third-order valence-electron chi connectivity index (χ3n) is 6.48.